The molecule has 0 bridgehead atoms. The van der Waals surface area contributed by atoms with Crippen LogP contribution in [0.5, 0.6) is 0 Å². The molecule has 9 heteroatoms. The fraction of sp³-hybridized carbons (Fsp3) is 0.200. The number of anilines is 1. The summed E-state index contributed by atoms with van der Waals surface area (Å²) in [7, 11) is -2.12. The Bertz CT molecular complexity index is 963. The van der Waals surface area contributed by atoms with E-state index in [1.165, 1.54) is 10.9 Å². The van der Waals surface area contributed by atoms with Crippen molar-refractivity contribution in [2.75, 3.05) is 4.72 Å². The number of hydrogen-bond donors (Lipinski definition) is 1. The van der Waals surface area contributed by atoms with E-state index in [9.17, 15) is 8.42 Å². The van der Waals surface area contributed by atoms with Crippen molar-refractivity contribution < 1.29 is 8.42 Å². The van der Waals surface area contributed by atoms with E-state index < -0.39 is 10.0 Å². The number of benzene rings is 1. The number of aryl methyl sites for hydroxylation is 1. The summed E-state index contributed by atoms with van der Waals surface area (Å²) in [5.74, 6) is 0.0934. The zero-order chi connectivity index (χ0) is 17.3. The lowest BCUT2D eigenvalue weighted by atomic mass is 10.2. The van der Waals surface area contributed by atoms with E-state index in [1.807, 2.05) is 30.3 Å². The molecule has 0 radical (unpaired) electrons. The fourth-order valence-electron chi connectivity index (χ4n) is 2.24. The molecule has 0 atom stereocenters. The molecule has 126 valence electrons. The molecule has 0 spiro atoms. The lowest BCUT2D eigenvalue weighted by Gasteiger charge is -2.05. The molecule has 2 heterocycles. The van der Waals surface area contributed by atoms with Gasteiger partial charge in [-0.1, -0.05) is 41.9 Å². The Morgan fingerprint density at radius 3 is 2.58 bits per heavy atom. The molecule has 3 rings (SSSR count). The van der Waals surface area contributed by atoms with Crippen LogP contribution in [0.1, 0.15) is 11.3 Å². The summed E-state index contributed by atoms with van der Waals surface area (Å²) in [6, 6.07) is 9.69. The second-order valence-corrected chi connectivity index (χ2v) is 7.39. The van der Waals surface area contributed by atoms with Crippen LogP contribution in [0.25, 0.3) is 0 Å². The summed E-state index contributed by atoms with van der Waals surface area (Å²) >= 11 is 6.12. The van der Waals surface area contributed by atoms with Gasteiger partial charge in [0.1, 0.15) is 9.92 Å². The summed E-state index contributed by atoms with van der Waals surface area (Å²) in [6.07, 6.45) is 2.88. The number of nitrogens with one attached hydrogen (secondary N) is 1. The van der Waals surface area contributed by atoms with Crippen LogP contribution in [0.2, 0.25) is 5.02 Å². The van der Waals surface area contributed by atoms with Crippen molar-refractivity contribution in [3.05, 3.63) is 59.0 Å². The highest BCUT2D eigenvalue weighted by Crippen LogP contribution is 2.24. The van der Waals surface area contributed by atoms with Crippen LogP contribution in [0.4, 0.5) is 5.82 Å². The van der Waals surface area contributed by atoms with Crippen molar-refractivity contribution in [3.8, 4) is 0 Å². The van der Waals surface area contributed by atoms with E-state index in [-0.39, 0.29) is 15.7 Å². The monoisotopic (exact) mass is 365 g/mol. The SMILES string of the molecule is Cc1c(S(=O)(=O)Nc2nn(Cc3ccccc3)cc2Cl)cnn1C. The molecule has 1 aromatic carbocycles. The predicted octanol–water partition coefficient (Wildman–Crippen LogP) is 2.43. The number of aromatic nitrogens is 4. The second-order valence-electron chi connectivity index (χ2n) is 5.33. The van der Waals surface area contributed by atoms with Crippen molar-refractivity contribution in [2.24, 2.45) is 7.05 Å². The van der Waals surface area contributed by atoms with Gasteiger partial charge in [-0.25, -0.2) is 8.42 Å². The minimum Gasteiger partial charge on any atom is -0.272 e. The number of hydrogen-bond acceptors (Lipinski definition) is 4. The minimum atomic E-state index is -3.80. The van der Waals surface area contributed by atoms with Gasteiger partial charge in [0, 0.05) is 13.2 Å². The van der Waals surface area contributed by atoms with E-state index in [0.717, 1.165) is 5.56 Å². The summed E-state index contributed by atoms with van der Waals surface area (Å²) in [5.41, 5.74) is 1.57. The molecule has 3 aromatic rings. The summed E-state index contributed by atoms with van der Waals surface area (Å²) in [5, 5.41) is 8.40. The van der Waals surface area contributed by atoms with Crippen molar-refractivity contribution in [2.45, 2.75) is 18.4 Å². The molecule has 0 aliphatic rings. The predicted molar refractivity (Wildman–Crippen MR) is 91.5 cm³/mol. The van der Waals surface area contributed by atoms with Gasteiger partial charge in [-0.3, -0.25) is 14.1 Å². The van der Waals surface area contributed by atoms with Crippen LogP contribution in [0.3, 0.4) is 0 Å². The van der Waals surface area contributed by atoms with Gasteiger partial charge in [-0.15, -0.1) is 0 Å². The Labute approximate surface area is 144 Å². The van der Waals surface area contributed by atoms with Gasteiger partial charge in [0.25, 0.3) is 10.0 Å². The van der Waals surface area contributed by atoms with Crippen molar-refractivity contribution >= 4 is 27.4 Å². The quantitative estimate of drug-likeness (QED) is 0.752. The van der Waals surface area contributed by atoms with E-state index in [4.69, 9.17) is 11.6 Å². The first-order valence-corrected chi connectivity index (χ1v) is 9.01. The molecular weight excluding hydrogens is 350 g/mol. The van der Waals surface area contributed by atoms with E-state index in [2.05, 4.69) is 14.9 Å². The van der Waals surface area contributed by atoms with Gasteiger partial charge in [0.05, 0.1) is 18.4 Å². The third-order valence-electron chi connectivity index (χ3n) is 3.62. The zero-order valence-electron chi connectivity index (χ0n) is 13.1. The highest BCUT2D eigenvalue weighted by Gasteiger charge is 2.22. The standard InChI is InChI=1S/C15H16ClN5O2S/c1-11-14(8-17-20(11)2)24(22,23)19-15-13(16)10-21(18-15)9-12-6-4-3-5-7-12/h3-8,10H,9H2,1-2H3,(H,18,19). The lowest BCUT2D eigenvalue weighted by Crippen LogP contribution is -2.15. The molecule has 24 heavy (non-hydrogen) atoms. The Hall–Kier alpha value is -2.32. The minimum absolute atomic E-state index is 0.0934. The van der Waals surface area contributed by atoms with Crippen molar-refractivity contribution in [1.29, 1.82) is 0 Å². The molecular formula is C15H16ClN5O2S. The Balaban J connectivity index is 1.84. The first-order chi connectivity index (χ1) is 11.4. The first-order valence-electron chi connectivity index (χ1n) is 7.15. The van der Waals surface area contributed by atoms with Crippen LogP contribution in [-0.4, -0.2) is 28.0 Å². The van der Waals surface area contributed by atoms with Gasteiger partial charge in [-0.05, 0) is 12.5 Å². The molecule has 0 aliphatic heterocycles. The van der Waals surface area contributed by atoms with Crippen LogP contribution in [0.15, 0.2) is 47.6 Å². The Morgan fingerprint density at radius 1 is 1.25 bits per heavy atom. The second kappa shape index (κ2) is 6.29. The van der Waals surface area contributed by atoms with E-state index in [1.54, 1.807) is 24.9 Å². The summed E-state index contributed by atoms with van der Waals surface area (Å²) < 4.78 is 30.5. The van der Waals surface area contributed by atoms with Gasteiger partial charge >= 0.3 is 0 Å². The average molecular weight is 366 g/mol. The van der Waals surface area contributed by atoms with Crippen molar-refractivity contribution in [3.63, 3.8) is 0 Å². The number of halogens is 1. The largest absolute Gasteiger partial charge is 0.272 e. The maximum Gasteiger partial charge on any atom is 0.266 e. The van der Waals surface area contributed by atoms with Gasteiger partial charge < -0.3 is 0 Å². The van der Waals surface area contributed by atoms with Gasteiger partial charge in [0.2, 0.25) is 0 Å². The smallest absolute Gasteiger partial charge is 0.266 e. The summed E-state index contributed by atoms with van der Waals surface area (Å²) in [6.45, 7) is 2.17. The highest BCUT2D eigenvalue weighted by molar-refractivity contribution is 7.92. The van der Waals surface area contributed by atoms with Crippen LogP contribution in [0, 0.1) is 6.92 Å². The zero-order valence-corrected chi connectivity index (χ0v) is 14.7. The topological polar surface area (TPSA) is 81.8 Å². The maximum absolute atomic E-state index is 12.5. The molecule has 0 saturated carbocycles. The van der Waals surface area contributed by atoms with Gasteiger partial charge in [0.15, 0.2) is 5.82 Å². The number of rotatable bonds is 5. The molecule has 0 fully saturated rings. The first kappa shape index (κ1) is 16.5. The molecule has 0 saturated heterocycles. The Morgan fingerprint density at radius 2 is 1.96 bits per heavy atom. The maximum atomic E-state index is 12.5. The van der Waals surface area contributed by atoms with E-state index >= 15 is 0 Å². The Kier molecular flexibility index (Phi) is 4.33. The lowest BCUT2D eigenvalue weighted by molar-refractivity contribution is 0.599. The molecule has 0 unspecified atom stereocenters. The number of sulfonamides is 1. The molecule has 7 nitrogen and oxygen atoms in total. The van der Waals surface area contributed by atoms with Crippen LogP contribution >= 0.6 is 11.6 Å². The normalized spacial score (nSPS) is 11.6. The molecule has 0 aliphatic carbocycles. The van der Waals surface area contributed by atoms with Crippen LogP contribution in [-0.2, 0) is 23.6 Å². The van der Waals surface area contributed by atoms with E-state index in [0.29, 0.717) is 12.2 Å². The molecule has 2 aromatic heterocycles. The third kappa shape index (κ3) is 3.29. The molecule has 1 N–H and O–H groups in total. The number of nitrogens with zero attached hydrogens (tertiary/aromatic N) is 4. The van der Waals surface area contributed by atoms with Crippen molar-refractivity contribution in [1.82, 2.24) is 19.6 Å². The summed E-state index contributed by atoms with van der Waals surface area (Å²) in [4.78, 5) is 0.0960. The fourth-order valence-corrected chi connectivity index (χ4v) is 3.72. The molecule has 0 amide bonds. The highest BCUT2D eigenvalue weighted by atomic mass is 35.5. The third-order valence-corrected chi connectivity index (χ3v) is 5.33. The van der Waals surface area contributed by atoms with Crippen LogP contribution < -0.4 is 4.72 Å². The van der Waals surface area contributed by atoms with Gasteiger partial charge in [-0.2, -0.15) is 10.2 Å². The average Bonchev–Trinajstić information content (AvgIpc) is 3.04.